The van der Waals surface area contributed by atoms with Gasteiger partial charge in [0.15, 0.2) is 5.13 Å². The maximum Gasteiger partial charge on any atom is 0.188 e. The van der Waals surface area contributed by atoms with Crippen LogP contribution in [0.4, 0.5) is 10.1 Å². The third-order valence-electron chi connectivity index (χ3n) is 5.84. The average Bonchev–Trinajstić information content (AvgIpc) is 3.46. The lowest BCUT2D eigenvalue weighted by molar-refractivity contribution is 0.415. The monoisotopic (exact) mass is 463 g/mol. The van der Waals surface area contributed by atoms with E-state index in [1.54, 1.807) is 29.8 Å². The minimum Gasteiger partial charge on any atom is -0.497 e. The van der Waals surface area contributed by atoms with Gasteiger partial charge in [0.1, 0.15) is 15.8 Å². The molecule has 3 heterocycles. The van der Waals surface area contributed by atoms with Gasteiger partial charge in [-0.1, -0.05) is 30.4 Å². The van der Waals surface area contributed by atoms with Crippen molar-refractivity contribution in [3.8, 4) is 16.3 Å². The van der Waals surface area contributed by atoms with Crippen LogP contribution in [0.5, 0.6) is 5.75 Å². The topological polar surface area (TPSA) is 47.0 Å². The molecule has 0 aliphatic heterocycles. The molecule has 4 nitrogen and oxygen atoms in total. The zero-order valence-corrected chi connectivity index (χ0v) is 19.7. The lowest BCUT2D eigenvalue weighted by atomic mass is 9.88. The summed E-state index contributed by atoms with van der Waals surface area (Å²) < 4.78 is 7.73. The number of hydrogen-bond donors (Lipinski definition) is 1. The molecule has 6 rings (SSSR count). The minimum absolute atomic E-state index is 0.733. The van der Waals surface area contributed by atoms with Crippen molar-refractivity contribution >= 4 is 64.6 Å². The van der Waals surface area contributed by atoms with Gasteiger partial charge in [-0.2, -0.15) is 0 Å². The fourth-order valence-corrected chi connectivity index (χ4v) is 7.71. The van der Waals surface area contributed by atoms with Crippen molar-refractivity contribution in [1.29, 1.82) is 0 Å². The van der Waals surface area contributed by atoms with E-state index in [0.717, 1.165) is 50.4 Å². The van der Waals surface area contributed by atoms with Crippen LogP contribution in [-0.2, 0) is 12.8 Å². The number of thiazole rings is 2. The van der Waals surface area contributed by atoms with Crippen LogP contribution >= 0.6 is 34.0 Å². The molecule has 1 unspecified atom stereocenters. The van der Waals surface area contributed by atoms with Gasteiger partial charge in [-0.25, -0.2) is 9.97 Å². The summed E-state index contributed by atoms with van der Waals surface area (Å²) >= 11 is 5.33. The van der Waals surface area contributed by atoms with Gasteiger partial charge in [-0.05, 0) is 61.1 Å². The molecule has 0 saturated heterocycles. The Bertz CT molecular complexity index is 1380. The predicted octanol–water partition coefficient (Wildman–Crippen LogP) is 7.51. The summed E-state index contributed by atoms with van der Waals surface area (Å²) in [5.74, 6) is 1.59. The van der Waals surface area contributed by atoms with E-state index in [9.17, 15) is 0 Å². The van der Waals surface area contributed by atoms with Gasteiger partial charge < -0.3 is 10.1 Å². The molecule has 0 radical (unpaired) electrons. The van der Waals surface area contributed by atoms with Crippen LogP contribution in [-0.4, -0.2) is 17.1 Å². The van der Waals surface area contributed by atoms with Crippen LogP contribution in [0.1, 0.15) is 23.8 Å². The molecule has 1 N–H and O–H groups in total. The van der Waals surface area contributed by atoms with Crippen molar-refractivity contribution in [2.45, 2.75) is 26.2 Å². The Hall–Kier alpha value is -2.48. The third-order valence-corrected chi connectivity index (χ3v) is 8.99. The number of thiophene rings is 1. The lowest BCUT2D eigenvalue weighted by Gasteiger charge is -2.18. The zero-order chi connectivity index (χ0) is 20.9. The van der Waals surface area contributed by atoms with Crippen LogP contribution in [0.3, 0.4) is 0 Å². The molecule has 2 aromatic carbocycles. The molecule has 0 spiro atoms. The van der Waals surface area contributed by atoms with E-state index in [4.69, 9.17) is 14.7 Å². The van der Waals surface area contributed by atoms with Crippen molar-refractivity contribution in [2.24, 2.45) is 5.92 Å². The largest absolute Gasteiger partial charge is 0.497 e. The van der Waals surface area contributed by atoms with E-state index < -0.39 is 0 Å². The molecule has 0 bridgehead atoms. The molecule has 0 saturated carbocycles. The first-order valence-corrected chi connectivity index (χ1v) is 12.8. The van der Waals surface area contributed by atoms with Crippen LogP contribution in [0.25, 0.3) is 31.0 Å². The maximum absolute atomic E-state index is 5.37. The predicted molar refractivity (Wildman–Crippen MR) is 134 cm³/mol. The quantitative estimate of drug-likeness (QED) is 0.299. The van der Waals surface area contributed by atoms with Crippen molar-refractivity contribution in [2.75, 3.05) is 12.4 Å². The number of para-hydroxylation sites is 1. The Morgan fingerprint density at radius 1 is 1.00 bits per heavy atom. The smallest absolute Gasteiger partial charge is 0.188 e. The Labute approximate surface area is 192 Å². The maximum atomic E-state index is 5.37. The van der Waals surface area contributed by atoms with Crippen molar-refractivity contribution < 1.29 is 4.74 Å². The van der Waals surface area contributed by atoms with E-state index in [1.165, 1.54) is 32.1 Å². The number of benzene rings is 2. The molecule has 1 aliphatic rings. The molecular formula is C24H21N3OS3. The Morgan fingerprint density at radius 2 is 1.87 bits per heavy atom. The highest BCUT2D eigenvalue weighted by Gasteiger charge is 2.27. The highest BCUT2D eigenvalue weighted by molar-refractivity contribution is 7.24. The highest BCUT2D eigenvalue weighted by atomic mass is 32.1. The number of aromatic nitrogens is 2. The van der Waals surface area contributed by atoms with Gasteiger partial charge in [0, 0.05) is 10.4 Å². The average molecular weight is 464 g/mol. The highest BCUT2D eigenvalue weighted by Crippen LogP contribution is 2.48. The molecule has 156 valence electrons. The number of nitrogens with zero attached hydrogens (tertiary/aromatic N) is 2. The van der Waals surface area contributed by atoms with Gasteiger partial charge in [-0.3, -0.25) is 0 Å². The molecular weight excluding hydrogens is 442 g/mol. The van der Waals surface area contributed by atoms with Gasteiger partial charge in [-0.15, -0.1) is 22.7 Å². The van der Waals surface area contributed by atoms with Gasteiger partial charge in [0.2, 0.25) is 0 Å². The number of nitrogens with one attached hydrogen (secondary N) is 1. The van der Waals surface area contributed by atoms with Crippen LogP contribution in [0.15, 0.2) is 42.5 Å². The summed E-state index contributed by atoms with van der Waals surface area (Å²) in [4.78, 5) is 11.3. The summed E-state index contributed by atoms with van der Waals surface area (Å²) in [5.41, 5.74) is 4.83. The molecule has 5 aromatic rings. The van der Waals surface area contributed by atoms with E-state index >= 15 is 0 Å². The second-order valence-electron chi connectivity index (χ2n) is 8.02. The number of fused-ring (bicyclic) bond motifs is 3. The van der Waals surface area contributed by atoms with Crippen LogP contribution in [0.2, 0.25) is 0 Å². The number of anilines is 2. The van der Waals surface area contributed by atoms with Gasteiger partial charge in [0.25, 0.3) is 0 Å². The first kappa shape index (κ1) is 19.2. The molecule has 1 atom stereocenters. The van der Waals surface area contributed by atoms with Gasteiger partial charge >= 0.3 is 0 Å². The Kier molecular flexibility index (Phi) is 4.70. The van der Waals surface area contributed by atoms with Crippen molar-refractivity contribution in [1.82, 2.24) is 9.97 Å². The SMILES string of the molecule is COc1ccc2nc(Nc3sc4c(c3-c3nc5ccccc5s3)CCC(C)C4)sc2c1. The molecule has 31 heavy (non-hydrogen) atoms. The molecule has 1 aliphatic carbocycles. The second-order valence-corrected chi connectivity index (χ2v) is 11.2. The standard InChI is InChI=1S/C24H21N3OS3/c1-13-7-9-15-19(11-13)30-23(21(15)22-25-16-5-3-4-6-18(16)29-22)27-24-26-17-10-8-14(28-2)12-20(17)31-24/h3-6,8,10,12-13H,7,9,11H2,1-2H3,(H,26,27). The second kappa shape index (κ2) is 7.58. The third kappa shape index (κ3) is 3.41. The number of hydrogen-bond acceptors (Lipinski definition) is 7. The minimum atomic E-state index is 0.733. The summed E-state index contributed by atoms with van der Waals surface area (Å²) in [5, 5.41) is 6.86. The van der Waals surface area contributed by atoms with E-state index in [1.807, 2.05) is 29.5 Å². The van der Waals surface area contributed by atoms with Gasteiger partial charge in [0.05, 0.1) is 27.5 Å². The van der Waals surface area contributed by atoms with E-state index in [-0.39, 0.29) is 0 Å². The summed E-state index contributed by atoms with van der Waals surface area (Å²) in [6.45, 7) is 2.36. The lowest BCUT2D eigenvalue weighted by Crippen LogP contribution is -2.09. The number of ether oxygens (including phenoxy) is 1. The van der Waals surface area contributed by atoms with Crippen LogP contribution in [0, 0.1) is 5.92 Å². The fraction of sp³-hybridized carbons (Fsp3) is 0.250. The van der Waals surface area contributed by atoms with Crippen molar-refractivity contribution in [3.05, 3.63) is 52.9 Å². The van der Waals surface area contributed by atoms with E-state index in [2.05, 4.69) is 36.5 Å². The van der Waals surface area contributed by atoms with Crippen molar-refractivity contribution in [3.63, 3.8) is 0 Å². The molecule has 0 fully saturated rings. The normalized spacial score (nSPS) is 16.0. The Morgan fingerprint density at radius 3 is 2.74 bits per heavy atom. The van der Waals surface area contributed by atoms with Crippen LogP contribution < -0.4 is 10.1 Å². The van der Waals surface area contributed by atoms with E-state index in [0.29, 0.717) is 0 Å². The summed E-state index contributed by atoms with van der Waals surface area (Å²) in [6, 6.07) is 14.4. The summed E-state index contributed by atoms with van der Waals surface area (Å²) in [6.07, 6.45) is 3.51. The summed E-state index contributed by atoms with van der Waals surface area (Å²) in [7, 11) is 1.70. The number of rotatable bonds is 4. The number of methoxy groups -OCH3 is 1. The molecule has 7 heteroatoms. The fourth-order valence-electron chi connectivity index (χ4n) is 4.23. The first-order chi connectivity index (χ1) is 15.2. The zero-order valence-electron chi connectivity index (χ0n) is 17.3. The first-order valence-electron chi connectivity index (χ1n) is 10.4. The Balaban J connectivity index is 1.46. The molecule has 3 aromatic heterocycles. The molecule has 0 amide bonds.